The van der Waals surface area contributed by atoms with E-state index in [9.17, 15) is 0 Å². The molecule has 3 rings (SSSR count). The number of hydrogen-bond donors (Lipinski definition) is 0. The predicted molar refractivity (Wildman–Crippen MR) is 142 cm³/mol. The number of thiocarbonyl (C=S) groups is 1. The van der Waals surface area contributed by atoms with E-state index in [1.54, 1.807) is 23.5 Å². The number of nitrogens with zero attached hydrogens (tertiary/aromatic N) is 2. The molecule has 0 unspecified atom stereocenters. The molecule has 2 aromatic carbocycles. The predicted octanol–water partition coefficient (Wildman–Crippen LogP) is 8.30. The minimum absolute atomic E-state index is 0.860. The Morgan fingerprint density at radius 3 is 0.933 bits per heavy atom. The van der Waals surface area contributed by atoms with Gasteiger partial charge >= 0.3 is 0 Å². The maximum atomic E-state index is 5.55. The first-order valence-corrected chi connectivity index (χ1v) is 12.2. The summed E-state index contributed by atoms with van der Waals surface area (Å²) in [7, 11) is 0. The maximum Gasteiger partial charge on any atom is 0.135 e. The molecule has 0 amide bonds. The molecule has 158 valence electrons. The second-order valence-corrected chi connectivity index (χ2v) is 11.4. The molecule has 1 heterocycles. The first-order chi connectivity index (χ1) is 14.0. The van der Waals surface area contributed by atoms with Crippen molar-refractivity contribution in [1.29, 1.82) is 0 Å². The van der Waals surface area contributed by atoms with Gasteiger partial charge in [0.15, 0.2) is 0 Å². The molecule has 0 spiro atoms. The summed E-state index contributed by atoms with van der Waals surface area (Å²) >= 11 is 8.66. The van der Waals surface area contributed by atoms with Crippen LogP contribution in [-0.4, -0.2) is 13.6 Å². The Morgan fingerprint density at radius 1 is 0.433 bits per heavy atom. The van der Waals surface area contributed by atoms with Crippen LogP contribution in [0.15, 0.2) is 9.98 Å². The Kier molecular flexibility index (Phi) is 6.66. The highest BCUT2D eigenvalue weighted by atomic mass is 32.2. The van der Waals surface area contributed by atoms with E-state index >= 15 is 0 Å². The van der Waals surface area contributed by atoms with E-state index in [1.807, 2.05) is 0 Å². The highest BCUT2D eigenvalue weighted by molar-refractivity contribution is 8.63. The molecule has 1 aliphatic rings. The monoisotopic (exact) mass is 454 g/mol. The van der Waals surface area contributed by atoms with Gasteiger partial charge in [0, 0.05) is 0 Å². The SMILES string of the molecule is Cc1c(C)c(C)c(N=C2SC(=S)SC2=Nc2c(C)c(C)c(C)c(C)c2C)c(C)c1C. The van der Waals surface area contributed by atoms with Crippen molar-refractivity contribution in [1.82, 2.24) is 0 Å². The van der Waals surface area contributed by atoms with Crippen molar-refractivity contribution in [2.24, 2.45) is 9.98 Å². The molecule has 0 bridgehead atoms. The first-order valence-electron chi connectivity index (χ1n) is 10.2. The first kappa shape index (κ1) is 23.2. The summed E-state index contributed by atoms with van der Waals surface area (Å²) < 4.78 is 0.860. The van der Waals surface area contributed by atoms with Crippen LogP contribution in [0.25, 0.3) is 0 Å². The molecule has 2 nitrogen and oxygen atoms in total. The summed E-state index contributed by atoms with van der Waals surface area (Å²) in [5.41, 5.74) is 15.0. The van der Waals surface area contributed by atoms with Crippen molar-refractivity contribution in [3.05, 3.63) is 55.6 Å². The molecule has 0 saturated carbocycles. The van der Waals surface area contributed by atoms with E-state index in [-0.39, 0.29) is 0 Å². The van der Waals surface area contributed by atoms with Crippen LogP contribution in [0.5, 0.6) is 0 Å². The van der Waals surface area contributed by atoms with Crippen molar-refractivity contribution in [2.75, 3.05) is 0 Å². The smallest absolute Gasteiger partial charge is 0.135 e. The average molecular weight is 455 g/mol. The van der Waals surface area contributed by atoms with Gasteiger partial charge < -0.3 is 0 Å². The van der Waals surface area contributed by atoms with Gasteiger partial charge in [0.05, 0.1) is 11.4 Å². The van der Waals surface area contributed by atoms with Gasteiger partial charge in [-0.2, -0.15) is 0 Å². The summed E-state index contributed by atoms with van der Waals surface area (Å²) in [5.74, 6) is 0. The van der Waals surface area contributed by atoms with E-state index in [4.69, 9.17) is 22.2 Å². The Hall–Kier alpha value is -1.43. The van der Waals surface area contributed by atoms with Gasteiger partial charge in [0.1, 0.15) is 13.6 Å². The number of thioether (sulfide) groups is 2. The quantitative estimate of drug-likeness (QED) is 0.427. The molecule has 0 aliphatic carbocycles. The van der Waals surface area contributed by atoms with Gasteiger partial charge in [-0.1, -0.05) is 12.2 Å². The zero-order valence-corrected chi connectivity index (χ0v) is 22.1. The molecule has 0 atom stereocenters. The minimum Gasteiger partial charge on any atom is -0.238 e. The van der Waals surface area contributed by atoms with Crippen LogP contribution < -0.4 is 0 Å². The molecular formula is C25H30N2S3. The molecule has 5 heteroatoms. The van der Waals surface area contributed by atoms with E-state index in [0.717, 1.165) is 25.0 Å². The van der Waals surface area contributed by atoms with Gasteiger partial charge in [-0.25, -0.2) is 9.98 Å². The third-order valence-corrected chi connectivity index (χ3v) is 9.31. The molecule has 1 fully saturated rings. The highest BCUT2D eigenvalue weighted by Gasteiger charge is 2.26. The Balaban J connectivity index is 2.22. The average Bonchev–Trinajstić information content (AvgIpc) is 3.07. The van der Waals surface area contributed by atoms with Crippen molar-refractivity contribution < 1.29 is 0 Å². The maximum absolute atomic E-state index is 5.55. The summed E-state index contributed by atoms with van der Waals surface area (Å²) in [4.78, 5) is 10.2. The fraction of sp³-hybridized carbons (Fsp3) is 0.400. The standard InChI is InChI=1S/C25H30N2S3/c1-11-13(3)17(7)21(18(8)14(11)4)26-23-24(30-25(28)29-23)27-22-19(9)15(5)12(2)16(6)20(22)10/h1-10H3. The Morgan fingerprint density at radius 2 is 0.667 bits per heavy atom. The highest BCUT2D eigenvalue weighted by Crippen LogP contribution is 2.40. The van der Waals surface area contributed by atoms with Gasteiger partial charge in [-0.15, -0.1) is 0 Å². The molecule has 1 saturated heterocycles. The van der Waals surface area contributed by atoms with Gasteiger partial charge in [-0.3, -0.25) is 0 Å². The normalized spacial score (nSPS) is 16.9. The fourth-order valence-electron chi connectivity index (χ4n) is 3.91. The lowest BCUT2D eigenvalue weighted by Crippen LogP contribution is -2.03. The molecule has 2 aromatic rings. The number of rotatable bonds is 2. The summed E-state index contributed by atoms with van der Waals surface area (Å²) in [6.45, 7) is 21.8. The molecule has 30 heavy (non-hydrogen) atoms. The zero-order chi connectivity index (χ0) is 22.5. The van der Waals surface area contributed by atoms with E-state index in [2.05, 4.69) is 69.2 Å². The van der Waals surface area contributed by atoms with E-state index in [0.29, 0.717) is 0 Å². The van der Waals surface area contributed by atoms with E-state index < -0.39 is 0 Å². The summed E-state index contributed by atoms with van der Waals surface area (Å²) in [6, 6.07) is 0. The molecule has 1 aliphatic heterocycles. The lowest BCUT2D eigenvalue weighted by atomic mass is 9.93. The molecule has 0 radical (unpaired) electrons. The van der Waals surface area contributed by atoms with Crippen molar-refractivity contribution in [3.63, 3.8) is 0 Å². The topological polar surface area (TPSA) is 24.7 Å². The van der Waals surface area contributed by atoms with Crippen LogP contribution in [0.4, 0.5) is 11.4 Å². The van der Waals surface area contributed by atoms with Gasteiger partial charge in [-0.05, 0) is 148 Å². The second-order valence-electron chi connectivity index (χ2n) is 8.24. The van der Waals surface area contributed by atoms with Crippen LogP contribution in [0, 0.1) is 69.2 Å². The Labute approximate surface area is 195 Å². The van der Waals surface area contributed by atoms with Crippen LogP contribution >= 0.6 is 35.7 Å². The second kappa shape index (κ2) is 8.60. The van der Waals surface area contributed by atoms with Crippen molar-refractivity contribution in [2.45, 2.75) is 69.2 Å². The van der Waals surface area contributed by atoms with Crippen LogP contribution in [0.3, 0.4) is 0 Å². The third-order valence-electron chi connectivity index (χ3n) is 6.89. The molecular weight excluding hydrogens is 424 g/mol. The molecule has 0 N–H and O–H groups in total. The number of benzene rings is 2. The summed E-state index contributed by atoms with van der Waals surface area (Å²) in [5, 5.41) is 1.82. The third kappa shape index (κ3) is 3.92. The van der Waals surface area contributed by atoms with Crippen LogP contribution in [-0.2, 0) is 0 Å². The minimum atomic E-state index is 0.860. The van der Waals surface area contributed by atoms with E-state index in [1.165, 1.54) is 55.6 Å². The number of aliphatic imine (C=N–C) groups is 2. The summed E-state index contributed by atoms with van der Waals surface area (Å²) in [6.07, 6.45) is 0. The van der Waals surface area contributed by atoms with Crippen LogP contribution in [0.2, 0.25) is 0 Å². The van der Waals surface area contributed by atoms with Crippen molar-refractivity contribution >= 4 is 60.7 Å². The molecule has 0 aromatic heterocycles. The lowest BCUT2D eigenvalue weighted by Gasteiger charge is -2.17. The van der Waals surface area contributed by atoms with Gasteiger partial charge in [0.2, 0.25) is 0 Å². The van der Waals surface area contributed by atoms with Crippen LogP contribution in [0.1, 0.15) is 55.6 Å². The lowest BCUT2D eigenvalue weighted by molar-refractivity contribution is 1.16. The number of hydrogen-bond acceptors (Lipinski definition) is 5. The largest absolute Gasteiger partial charge is 0.238 e. The van der Waals surface area contributed by atoms with Gasteiger partial charge in [0.25, 0.3) is 0 Å². The fourth-order valence-corrected chi connectivity index (χ4v) is 6.13. The van der Waals surface area contributed by atoms with Crippen molar-refractivity contribution in [3.8, 4) is 0 Å². The zero-order valence-electron chi connectivity index (χ0n) is 19.6. The Bertz CT molecular complexity index is 1010.